The molecule has 5 heteroatoms. The molecule has 0 aliphatic heterocycles. The number of amides is 1. The molecule has 1 amide bonds. The molecule has 0 spiro atoms. The smallest absolute Gasteiger partial charge is 0.329 e. The first-order chi connectivity index (χ1) is 7.69. The van der Waals surface area contributed by atoms with Crippen molar-refractivity contribution in [2.24, 2.45) is 5.92 Å². The van der Waals surface area contributed by atoms with Crippen LogP contribution in [0.4, 0.5) is 0 Å². The summed E-state index contributed by atoms with van der Waals surface area (Å²) in [5.74, 6) is -0.337. The Morgan fingerprint density at radius 2 is 2.06 bits per heavy atom. The summed E-state index contributed by atoms with van der Waals surface area (Å²) in [5, 5.41) is 2.67. The average Bonchev–Trinajstić information content (AvgIpc) is 2.80. The van der Waals surface area contributed by atoms with E-state index in [2.05, 4.69) is 10.1 Å². The van der Waals surface area contributed by atoms with E-state index in [1.165, 1.54) is 18.9 Å². The Hall–Kier alpha value is -1.23. The number of methoxy groups -OCH3 is 1. The van der Waals surface area contributed by atoms with Gasteiger partial charge in [-0.3, -0.25) is 4.79 Å². The molecule has 0 aromatic rings. The maximum atomic E-state index is 11.7. The van der Waals surface area contributed by atoms with Gasteiger partial charge in [-0.1, -0.05) is 24.3 Å². The highest BCUT2D eigenvalue weighted by atomic mass is 32.2. The van der Waals surface area contributed by atoms with Gasteiger partial charge in [0.1, 0.15) is 6.04 Å². The van der Waals surface area contributed by atoms with Crippen molar-refractivity contribution in [3.63, 3.8) is 0 Å². The van der Waals surface area contributed by atoms with Crippen molar-refractivity contribution in [2.75, 3.05) is 19.1 Å². The van der Waals surface area contributed by atoms with E-state index in [1.54, 1.807) is 12.2 Å². The fraction of sp³-hybridized carbons (Fsp3) is 0.455. The Morgan fingerprint density at radius 3 is 2.56 bits per heavy atom. The van der Waals surface area contributed by atoms with Gasteiger partial charge in [0.15, 0.2) is 0 Å². The molecule has 0 aromatic carbocycles. The number of thioether (sulfide) groups is 1. The highest BCUT2D eigenvalue weighted by Crippen LogP contribution is 2.09. The topological polar surface area (TPSA) is 55.4 Å². The zero-order valence-electron chi connectivity index (χ0n) is 9.30. The lowest BCUT2D eigenvalue weighted by Gasteiger charge is -2.16. The van der Waals surface area contributed by atoms with Crippen LogP contribution in [0.2, 0.25) is 0 Å². The van der Waals surface area contributed by atoms with Gasteiger partial charge in [-0.2, -0.15) is 11.8 Å². The average molecular weight is 241 g/mol. The molecule has 88 valence electrons. The second-order valence-electron chi connectivity index (χ2n) is 3.34. The minimum Gasteiger partial charge on any atom is -0.467 e. The fourth-order valence-electron chi connectivity index (χ4n) is 1.35. The number of carbonyl (C=O) groups is 2. The van der Waals surface area contributed by atoms with E-state index >= 15 is 0 Å². The van der Waals surface area contributed by atoms with Crippen molar-refractivity contribution < 1.29 is 14.3 Å². The first-order valence-corrected chi connectivity index (χ1v) is 6.30. The zero-order valence-corrected chi connectivity index (χ0v) is 10.1. The normalized spacial score (nSPS) is 16.1. The lowest BCUT2D eigenvalue weighted by Crippen LogP contribution is -2.45. The van der Waals surface area contributed by atoms with Gasteiger partial charge in [0.05, 0.1) is 13.0 Å². The SMILES string of the molecule is COC(=O)[C@@H](CSC)NC(=O)C1C=CC=C1. The van der Waals surface area contributed by atoms with E-state index in [0.29, 0.717) is 5.75 Å². The lowest BCUT2D eigenvalue weighted by molar-refractivity contribution is -0.144. The van der Waals surface area contributed by atoms with E-state index in [4.69, 9.17) is 0 Å². The number of hydrogen-bond donors (Lipinski definition) is 1. The third-order valence-corrected chi connectivity index (χ3v) is 2.85. The van der Waals surface area contributed by atoms with E-state index in [0.717, 1.165) is 0 Å². The molecule has 0 saturated carbocycles. The van der Waals surface area contributed by atoms with Gasteiger partial charge in [-0.05, 0) is 6.26 Å². The molecule has 0 radical (unpaired) electrons. The van der Waals surface area contributed by atoms with Crippen LogP contribution >= 0.6 is 11.8 Å². The van der Waals surface area contributed by atoms with E-state index in [1.807, 2.05) is 18.4 Å². The third-order valence-electron chi connectivity index (χ3n) is 2.19. The predicted molar refractivity (Wildman–Crippen MR) is 64.1 cm³/mol. The summed E-state index contributed by atoms with van der Waals surface area (Å²) >= 11 is 1.49. The number of allylic oxidation sites excluding steroid dienone is 2. The van der Waals surface area contributed by atoms with Crippen LogP contribution in [0.1, 0.15) is 0 Å². The van der Waals surface area contributed by atoms with Crippen molar-refractivity contribution in [1.29, 1.82) is 0 Å². The highest BCUT2D eigenvalue weighted by molar-refractivity contribution is 7.98. The molecule has 1 aliphatic rings. The molecular formula is C11H15NO3S. The lowest BCUT2D eigenvalue weighted by atomic mass is 10.1. The molecule has 0 unspecified atom stereocenters. The van der Waals surface area contributed by atoms with Gasteiger partial charge >= 0.3 is 5.97 Å². The Kier molecular flexibility index (Phi) is 5.11. The standard InChI is InChI=1S/C11H15NO3S/c1-15-11(14)9(7-16-2)12-10(13)8-5-3-4-6-8/h3-6,8-9H,7H2,1-2H3,(H,12,13)/t9-/m1/s1. The molecular weight excluding hydrogens is 226 g/mol. The highest BCUT2D eigenvalue weighted by Gasteiger charge is 2.23. The zero-order chi connectivity index (χ0) is 12.0. The molecule has 0 aromatic heterocycles. The summed E-state index contributed by atoms with van der Waals surface area (Å²) < 4.78 is 4.63. The van der Waals surface area contributed by atoms with Gasteiger partial charge in [-0.25, -0.2) is 4.79 Å². The monoisotopic (exact) mass is 241 g/mol. The van der Waals surface area contributed by atoms with Gasteiger partial charge in [0.25, 0.3) is 0 Å². The molecule has 1 aliphatic carbocycles. The van der Waals surface area contributed by atoms with E-state index < -0.39 is 12.0 Å². The predicted octanol–water partition coefficient (Wildman–Crippen LogP) is 0.749. The van der Waals surface area contributed by atoms with Crippen LogP contribution in [-0.4, -0.2) is 37.0 Å². The van der Waals surface area contributed by atoms with Crippen molar-refractivity contribution in [2.45, 2.75) is 6.04 Å². The third kappa shape index (κ3) is 3.41. The molecule has 16 heavy (non-hydrogen) atoms. The summed E-state index contributed by atoms with van der Waals surface area (Å²) in [6.07, 6.45) is 9.06. The number of ether oxygens (including phenoxy) is 1. The first kappa shape index (κ1) is 12.8. The molecule has 0 heterocycles. The van der Waals surface area contributed by atoms with Crippen LogP contribution in [0.3, 0.4) is 0 Å². The van der Waals surface area contributed by atoms with Crippen molar-refractivity contribution in [3.05, 3.63) is 24.3 Å². The van der Waals surface area contributed by atoms with Crippen molar-refractivity contribution in [3.8, 4) is 0 Å². The van der Waals surface area contributed by atoms with Gasteiger partial charge in [-0.15, -0.1) is 0 Å². The number of carbonyl (C=O) groups excluding carboxylic acids is 2. The molecule has 0 bridgehead atoms. The summed E-state index contributed by atoms with van der Waals surface area (Å²) in [6, 6.07) is -0.574. The first-order valence-electron chi connectivity index (χ1n) is 4.91. The Morgan fingerprint density at radius 1 is 1.44 bits per heavy atom. The van der Waals surface area contributed by atoms with Crippen LogP contribution in [0.15, 0.2) is 24.3 Å². The van der Waals surface area contributed by atoms with Crippen LogP contribution in [0, 0.1) is 5.92 Å². The molecule has 4 nitrogen and oxygen atoms in total. The van der Waals surface area contributed by atoms with Crippen molar-refractivity contribution >= 4 is 23.6 Å². The summed E-state index contributed by atoms with van der Waals surface area (Å²) in [4.78, 5) is 23.1. The molecule has 0 fully saturated rings. The maximum absolute atomic E-state index is 11.7. The van der Waals surface area contributed by atoms with Gasteiger partial charge < -0.3 is 10.1 Å². The Labute approximate surface area is 99.1 Å². The molecule has 1 atom stereocenters. The number of rotatable bonds is 5. The maximum Gasteiger partial charge on any atom is 0.329 e. The minimum absolute atomic E-state index is 0.172. The largest absolute Gasteiger partial charge is 0.467 e. The second-order valence-corrected chi connectivity index (χ2v) is 4.25. The fourth-order valence-corrected chi connectivity index (χ4v) is 1.90. The van der Waals surface area contributed by atoms with Crippen LogP contribution in [-0.2, 0) is 14.3 Å². The minimum atomic E-state index is -0.574. The van der Waals surface area contributed by atoms with E-state index in [9.17, 15) is 9.59 Å². The van der Waals surface area contributed by atoms with Crippen LogP contribution in [0.5, 0.6) is 0 Å². The number of esters is 1. The summed E-state index contributed by atoms with van der Waals surface area (Å²) in [7, 11) is 1.32. The Bertz CT molecular complexity index is 313. The second kappa shape index (κ2) is 6.37. The molecule has 1 rings (SSSR count). The van der Waals surface area contributed by atoms with Crippen LogP contribution in [0.25, 0.3) is 0 Å². The summed E-state index contributed by atoms with van der Waals surface area (Å²) in [5.41, 5.74) is 0. The van der Waals surface area contributed by atoms with Crippen LogP contribution < -0.4 is 5.32 Å². The van der Waals surface area contributed by atoms with Gasteiger partial charge in [0, 0.05) is 5.75 Å². The quantitative estimate of drug-likeness (QED) is 0.722. The van der Waals surface area contributed by atoms with E-state index in [-0.39, 0.29) is 11.8 Å². The molecule has 0 saturated heterocycles. The summed E-state index contributed by atoms with van der Waals surface area (Å²) in [6.45, 7) is 0. The number of hydrogen-bond acceptors (Lipinski definition) is 4. The Balaban J connectivity index is 2.53. The van der Waals surface area contributed by atoms with Gasteiger partial charge in [0.2, 0.25) is 5.91 Å². The molecule has 1 N–H and O–H groups in total. The number of nitrogens with one attached hydrogen (secondary N) is 1. The van der Waals surface area contributed by atoms with Crippen molar-refractivity contribution in [1.82, 2.24) is 5.32 Å².